The number of rotatable bonds is 3. The summed E-state index contributed by atoms with van der Waals surface area (Å²) in [5.74, 6) is 0.335. The van der Waals surface area contributed by atoms with Gasteiger partial charge in [0.15, 0.2) is 0 Å². The first-order chi connectivity index (χ1) is 6.77. The van der Waals surface area contributed by atoms with E-state index in [-0.39, 0.29) is 13.1 Å². The predicted molar refractivity (Wildman–Crippen MR) is 49.9 cm³/mol. The Morgan fingerprint density at radius 3 is 2.14 bits per heavy atom. The molecule has 0 unspecified atom stereocenters. The number of nitrogens with zero attached hydrogens (tertiary/aromatic N) is 5. The molecular weight excluding hydrogens is 180 g/mol. The molecule has 70 valence electrons. The molecule has 1 heterocycles. The van der Waals surface area contributed by atoms with Crippen molar-refractivity contribution in [3.05, 3.63) is 12.4 Å². The highest BCUT2D eigenvalue weighted by Gasteiger charge is 2.07. The van der Waals surface area contributed by atoms with Crippen molar-refractivity contribution in [3.63, 3.8) is 0 Å². The minimum atomic E-state index is 0.0808. The summed E-state index contributed by atoms with van der Waals surface area (Å²) in [7, 11) is 0. The molecule has 1 aromatic heterocycles. The normalized spacial score (nSPS) is 8.71. The van der Waals surface area contributed by atoms with Crippen LogP contribution in [0.25, 0.3) is 0 Å². The fourth-order valence-corrected chi connectivity index (χ4v) is 0.863. The maximum atomic E-state index is 8.50. The first kappa shape index (κ1) is 9.75. The number of anilines is 2. The minimum absolute atomic E-state index is 0.0808. The summed E-state index contributed by atoms with van der Waals surface area (Å²) in [4.78, 5) is 9.26. The van der Waals surface area contributed by atoms with Crippen LogP contribution in [0.5, 0.6) is 0 Å². The minimum Gasteiger partial charge on any atom is -0.396 e. The molecule has 0 spiro atoms. The van der Waals surface area contributed by atoms with E-state index in [1.165, 1.54) is 17.3 Å². The van der Waals surface area contributed by atoms with Crippen LogP contribution >= 0.6 is 0 Å². The zero-order chi connectivity index (χ0) is 10.4. The van der Waals surface area contributed by atoms with E-state index in [0.717, 1.165) is 0 Å². The van der Waals surface area contributed by atoms with Crippen molar-refractivity contribution in [3.8, 4) is 12.1 Å². The second-order valence-corrected chi connectivity index (χ2v) is 2.49. The first-order valence-electron chi connectivity index (χ1n) is 3.84. The van der Waals surface area contributed by atoms with Crippen molar-refractivity contribution in [2.45, 2.75) is 0 Å². The van der Waals surface area contributed by atoms with Crippen molar-refractivity contribution >= 4 is 11.6 Å². The largest absolute Gasteiger partial charge is 0.396 e. The van der Waals surface area contributed by atoms with Gasteiger partial charge in [0.25, 0.3) is 0 Å². The van der Waals surface area contributed by atoms with Gasteiger partial charge < -0.3 is 10.6 Å². The van der Waals surface area contributed by atoms with E-state index in [1.807, 2.05) is 12.1 Å². The van der Waals surface area contributed by atoms with Gasteiger partial charge in [0.05, 0.1) is 30.2 Å². The lowest BCUT2D eigenvalue weighted by atomic mass is 10.5. The van der Waals surface area contributed by atoms with E-state index in [4.69, 9.17) is 16.3 Å². The zero-order valence-electron chi connectivity index (χ0n) is 7.38. The summed E-state index contributed by atoms with van der Waals surface area (Å²) in [5.41, 5.74) is 5.85. The van der Waals surface area contributed by atoms with Gasteiger partial charge in [-0.15, -0.1) is 0 Å². The highest BCUT2D eigenvalue weighted by Crippen LogP contribution is 2.06. The molecule has 0 saturated carbocycles. The van der Waals surface area contributed by atoms with Crippen LogP contribution in [0.15, 0.2) is 12.4 Å². The highest BCUT2D eigenvalue weighted by molar-refractivity contribution is 5.39. The Morgan fingerprint density at radius 1 is 1.21 bits per heavy atom. The third-order valence-corrected chi connectivity index (χ3v) is 1.46. The molecule has 0 saturated heterocycles. The van der Waals surface area contributed by atoms with Crippen LogP contribution in [0.1, 0.15) is 0 Å². The van der Waals surface area contributed by atoms with Gasteiger partial charge in [-0.3, -0.25) is 0 Å². The van der Waals surface area contributed by atoms with Crippen molar-refractivity contribution < 1.29 is 0 Å². The van der Waals surface area contributed by atoms with Crippen molar-refractivity contribution in [2.75, 3.05) is 23.7 Å². The Balaban J connectivity index is 2.84. The van der Waals surface area contributed by atoms with Crippen molar-refractivity contribution in [1.82, 2.24) is 9.97 Å². The molecule has 14 heavy (non-hydrogen) atoms. The Hall–Kier alpha value is -2.34. The fraction of sp³-hybridized carbons (Fsp3) is 0.250. The summed E-state index contributed by atoms with van der Waals surface area (Å²) in [6, 6.07) is 3.86. The number of hydrogen-bond donors (Lipinski definition) is 1. The van der Waals surface area contributed by atoms with Crippen LogP contribution in [0, 0.1) is 22.7 Å². The third-order valence-electron chi connectivity index (χ3n) is 1.46. The summed E-state index contributed by atoms with van der Waals surface area (Å²) >= 11 is 0. The van der Waals surface area contributed by atoms with Crippen molar-refractivity contribution in [1.29, 1.82) is 10.5 Å². The van der Waals surface area contributed by atoms with Gasteiger partial charge in [-0.2, -0.15) is 10.5 Å². The van der Waals surface area contributed by atoms with Gasteiger partial charge in [-0.05, 0) is 0 Å². The fourth-order valence-electron chi connectivity index (χ4n) is 0.863. The van der Waals surface area contributed by atoms with Crippen LogP contribution in [0.4, 0.5) is 11.6 Å². The van der Waals surface area contributed by atoms with E-state index in [0.29, 0.717) is 11.6 Å². The molecule has 6 nitrogen and oxygen atoms in total. The van der Waals surface area contributed by atoms with E-state index < -0.39 is 0 Å². The second-order valence-electron chi connectivity index (χ2n) is 2.49. The second kappa shape index (κ2) is 4.63. The molecule has 0 aliphatic heterocycles. The SMILES string of the molecule is N#CCN(CC#N)c1ncc(N)cn1. The molecule has 0 amide bonds. The Morgan fingerprint density at radius 2 is 1.71 bits per heavy atom. The van der Waals surface area contributed by atoms with Crippen molar-refractivity contribution in [2.24, 2.45) is 0 Å². The molecule has 2 N–H and O–H groups in total. The molecular formula is C8H8N6. The molecule has 1 rings (SSSR count). The molecule has 0 aliphatic rings. The molecule has 1 aromatic rings. The van der Waals surface area contributed by atoms with Gasteiger partial charge in [0, 0.05) is 0 Å². The summed E-state index contributed by atoms with van der Waals surface area (Å²) in [6.07, 6.45) is 2.87. The van der Waals surface area contributed by atoms with Crippen LogP contribution < -0.4 is 10.6 Å². The van der Waals surface area contributed by atoms with Crippen LogP contribution in [-0.2, 0) is 0 Å². The standard InChI is InChI=1S/C8H8N6/c9-1-3-14(4-2-10)8-12-5-7(11)6-13-8/h5-6H,3-4,11H2. The van der Waals surface area contributed by atoms with Crippen LogP contribution in [-0.4, -0.2) is 23.1 Å². The van der Waals surface area contributed by atoms with E-state index >= 15 is 0 Å². The van der Waals surface area contributed by atoms with E-state index in [9.17, 15) is 0 Å². The lowest BCUT2D eigenvalue weighted by Crippen LogP contribution is -2.25. The van der Waals surface area contributed by atoms with Gasteiger partial charge in [-0.25, -0.2) is 9.97 Å². The summed E-state index contributed by atoms with van der Waals surface area (Å²) in [5, 5.41) is 17.0. The third kappa shape index (κ3) is 2.32. The lowest BCUT2D eigenvalue weighted by Gasteiger charge is -2.14. The molecule has 0 bridgehead atoms. The smallest absolute Gasteiger partial charge is 0.227 e. The summed E-state index contributed by atoms with van der Waals surface area (Å²) in [6.45, 7) is 0.162. The lowest BCUT2D eigenvalue weighted by molar-refractivity contribution is 0.898. The highest BCUT2D eigenvalue weighted by atomic mass is 15.2. The molecule has 0 aromatic carbocycles. The van der Waals surface area contributed by atoms with Gasteiger partial charge >= 0.3 is 0 Å². The van der Waals surface area contributed by atoms with E-state index in [1.54, 1.807) is 0 Å². The quantitative estimate of drug-likeness (QED) is 0.665. The number of nitrogen functional groups attached to an aromatic ring is 1. The zero-order valence-corrected chi connectivity index (χ0v) is 7.38. The first-order valence-corrected chi connectivity index (χ1v) is 3.84. The Kier molecular flexibility index (Phi) is 3.22. The molecule has 0 atom stereocenters. The average molecular weight is 188 g/mol. The van der Waals surface area contributed by atoms with Gasteiger partial charge in [-0.1, -0.05) is 0 Å². The molecule has 0 aliphatic carbocycles. The Bertz CT molecular complexity index is 354. The van der Waals surface area contributed by atoms with Crippen LogP contribution in [0.2, 0.25) is 0 Å². The number of hydrogen-bond acceptors (Lipinski definition) is 6. The predicted octanol–water partition coefficient (Wildman–Crippen LogP) is -0.0876. The number of aromatic nitrogens is 2. The van der Waals surface area contributed by atoms with Crippen LogP contribution in [0.3, 0.4) is 0 Å². The monoisotopic (exact) mass is 188 g/mol. The topological polar surface area (TPSA) is 103 Å². The Labute approximate surface area is 81.2 Å². The molecule has 0 radical (unpaired) electrons. The molecule has 6 heteroatoms. The van der Waals surface area contributed by atoms with E-state index in [2.05, 4.69) is 9.97 Å². The van der Waals surface area contributed by atoms with Gasteiger partial charge in [0.2, 0.25) is 5.95 Å². The number of nitriles is 2. The average Bonchev–Trinajstić information content (AvgIpc) is 2.19. The number of nitrogens with two attached hydrogens (primary N) is 1. The maximum absolute atomic E-state index is 8.50. The van der Waals surface area contributed by atoms with Gasteiger partial charge in [0.1, 0.15) is 13.1 Å². The summed E-state index contributed by atoms with van der Waals surface area (Å²) < 4.78 is 0. The maximum Gasteiger partial charge on any atom is 0.227 e. The molecule has 0 fully saturated rings.